The predicted octanol–water partition coefficient (Wildman–Crippen LogP) is 3.28. The highest BCUT2D eigenvalue weighted by molar-refractivity contribution is 4.89. The molecule has 2 nitrogen and oxygen atoms in total. The molecule has 0 spiro atoms. The molecule has 18 heavy (non-hydrogen) atoms. The van der Waals surface area contributed by atoms with E-state index >= 15 is 0 Å². The Morgan fingerprint density at radius 3 is 2.39 bits per heavy atom. The van der Waals surface area contributed by atoms with Crippen LogP contribution in [0.2, 0.25) is 0 Å². The fourth-order valence-corrected chi connectivity index (χ4v) is 3.53. The van der Waals surface area contributed by atoms with Gasteiger partial charge >= 0.3 is 0 Å². The number of hydrogen-bond donors (Lipinski definition) is 1. The Kier molecular flexibility index (Phi) is 5.50. The normalized spacial score (nSPS) is 23.5. The fourth-order valence-electron chi connectivity index (χ4n) is 3.53. The molecule has 2 aliphatic rings. The summed E-state index contributed by atoms with van der Waals surface area (Å²) in [4.78, 5) is 2.74. The van der Waals surface area contributed by atoms with Gasteiger partial charge in [0.1, 0.15) is 0 Å². The van der Waals surface area contributed by atoms with Crippen molar-refractivity contribution in [3.05, 3.63) is 0 Å². The van der Waals surface area contributed by atoms with Crippen LogP contribution >= 0.6 is 0 Å². The van der Waals surface area contributed by atoms with Crippen molar-refractivity contribution >= 4 is 0 Å². The third-order valence-electron chi connectivity index (χ3n) is 4.88. The van der Waals surface area contributed by atoms with Crippen LogP contribution in [0.1, 0.15) is 58.8 Å². The number of nitrogens with one attached hydrogen (secondary N) is 1. The molecule has 2 rings (SSSR count). The van der Waals surface area contributed by atoms with Gasteiger partial charge in [-0.25, -0.2) is 0 Å². The summed E-state index contributed by atoms with van der Waals surface area (Å²) in [6.45, 7) is 10.9. The summed E-state index contributed by atoms with van der Waals surface area (Å²) in [7, 11) is 0. The second kappa shape index (κ2) is 6.91. The van der Waals surface area contributed by atoms with Crippen molar-refractivity contribution in [2.45, 2.75) is 58.8 Å². The highest BCUT2D eigenvalue weighted by atomic mass is 15.1. The summed E-state index contributed by atoms with van der Waals surface area (Å²) < 4.78 is 0. The zero-order chi connectivity index (χ0) is 12.8. The van der Waals surface area contributed by atoms with Gasteiger partial charge in [-0.05, 0) is 50.1 Å². The molecule has 0 atom stereocenters. The molecule has 0 unspecified atom stereocenters. The first kappa shape index (κ1) is 14.3. The van der Waals surface area contributed by atoms with Crippen LogP contribution in [-0.2, 0) is 0 Å². The van der Waals surface area contributed by atoms with E-state index in [1.165, 1.54) is 71.1 Å². The molecule has 0 saturated heterocycles. The highest BCUT2D eigenvalue weighted by Crippen LogP contribution is 2.38. The Labute approximate surface area is 114 Å². The lowest BCUT2D eigenvalue weighted by Crippen LogP contribution is -2.46. The molecular weight excluding hydrogens is 220 g/mol. The Morgan fingerprint density at radius 2 is 1.83 bits per heavy atom. The fraction of sp³-hybridized carbons (Fsp3) is 1.00. The van der Waals surface area contributed by atoms with Gasteiger partial charge in [-0.15, -0.1) is 0 Å². The molecule has 0 radical (unpaired) electrons. The van der Waals surface area contributed by atoms with Crippen molar-refractivity contribution in [2.24, 2.45) is 11.3 Å². The zero-order valence-corrected chi connectivity index (χ0v) is 12.5. The van der Waals surface area contributed by atoms with Gasteiger partial charge in [0.15, 0.2) is 0 Å². The first-order chi connectivity index (χ1) is 8.78. The van der Waals surface area contributed by atoms with Gasteiger partial charge in [-0.1, -0.05) is 33.1 Å². The SMILES string of the molecule is CCNCC1(CN(CC)CC2CC2)CCCCC1. The van der Waals surface area contributed by atoms with Crippen LogP contribution in [0.25, 0.3) is 0 Å². The average Bonchev–Trinajstić information content (AvgIpc) is 3.21. The minimum atomic E-state index is 0.582. The number of nitrogens with zero attached hydrogens (tertiary/aromatic N) is 1. The van der Waals surface area contributed by atoms with Gasteiger partial charge in [0.2, 0.25) is 0 Å². The van der Waals surface area contributed by atoms with Crippen LogP contribution < -0.4 is 5.32 Å². The molecule has 2 saturated carbocycles. The van der Waals surface area contributed by atoms with Gasteiger partial charge in [0, 0.05) is 19.6 Å². The molecule has 1 N–H and O–H groups in total. The van der Waals surface area contributed by atoms with E-state index in [1.807, 2.05) is 0 Å². The minimum Gasteiger partial charge on any atom is -0.316 e. The van der Waals surface area contributed by atoms with Crippen LogP contribution in [0.5, 0.6) is 0 Å². The van der Waals surface area contributed by atoms with Crippen molar-refractivity contribution < 1.29 is 0 Å². The first-order valence-corrected chi connectivity index (χ1v) is 8.21. The van der Waals surface area contributed by atoms with E-state index in [2.05, 4.69) is 24.1 Å². The lowest BCUT2D eigenvalue weighted by atomic mass is 9.73. The Hall–Kier alpha value is -0.0800. The average molecular weight is 252 g/mol. The largest absolute Gasteiger partial charge is 0.316 e. The van der Waals surface area contributed by atoms with Gasteiger partial charge in [-0.2, -0.15) is 0 Å². The van der Waals surface area contributed by atoms with Crippen LogP contribution in [0.3, 0.4) is 0 Å². The monoisotopic (exact) mass is 252 g/mol. The van der Waals surface area contributed by atoms with Crippen molar-refractivity contribution in [3.63, 3.8) is 0 Å². The maximum absolute atomic E-state index is 3.63. The maximum atomic E-state index is 3.63. The van der Waals surface area contributed by atoms with E-state index in [1.54, 1.807) is 0 Å². The second-order valence-corrected chi connectivity index (χ2v) is 6.61. The maximum Gasteiger partial charge on any atom is 0.00501 e. The predicted molar refractivity (Wildman–Crippen MR) is 78.9 cm³/mol. The van der Waals surface area contributed by atoms with E-state index in [0.717, 1.165) is 12.5 Å². The molecular formula is C16H32N2. The molecule has 0 aromatic heterocycles. The number of rotatable bonds is 8. The van der Waals surface area contributed by atoms with E-state index in [-0.39, 0.29) is 0 Å². The molecule has 0 aliphatic heterocycles. The molecule has 0 aromatic rings. The van der Waals surface area contributed by atoms with Crippen LogP contribution in [0, 0.1) is 11.3 Å². The summed E-state index contributed by atoms with van der Waals surface area (Å²) in [5.74, 6) is 1.03. The van der Waals surface area contributed by atoms with Crippen molar-refractivity contribution in [1.29, 1.82) is 0 Å². The molecule has 2 aliphatic carbocycles. The van der Waals surface area contributed by atoms with E-state index in [4.69, 9.17) is 0 Å². The summed E-state index contributed by atoms with van der Waals surface area (Å²) >= 11 is 0. The topological polar surface area (TPSA) is 15.3 Å². The van der Waals surface area contributed by atoms with E-state index in [9.17, 15) is 0 Å². The van der Waals surface area contributed by atoms with Gasteiger partial charge in [-0.3, -0.25) is 0 Å². The van der Waals surface area contributed by atoms with Gasteiger partial charge in [0.25, 0.3) is 0 Å². The highest BCUT2D eigenvalue weighted by Gasteiger charge is 2.34. The summed E-state index contributed by atoms with van der Waals surface area (Å²) in [5, 5.41) is 3.63. The van der Waals surface area contributed by atoms with Crippen LogP contribution in [0.15, 0.2) is 0 Å². The van der Waals surface area contributed by atoms with E-state index in [0.29, 0.717) is 5.41 Å². The standard InChI is InChI=1S/C16H32N2/c1-3-17-13-16(10-6-5-7-11-16)14-18(4-2)12-15-8-9-15/h15,17H,3-14H2,1-2H3. The zero-order valence-electron chi connectivity index (χ0n) is 12.5. The molecule has 0 amide bonds. The Bertz CT molecular complexity index is 229. The van der Waals surface area contributed by atoms with Gasteiger partial charge < -0.3 is 10.2 Å². The van der Waals surface area contributed by atoms with Crippen molar-refractivity contribution in [1.82, 2.24) is 10.2 Å². The van der Waals surface area contributed by atoms with Crippen LogP contribution in [0.4, 0.5) is 0 Å². The summed E-state index contributed by atoms with van der Waals surface area (Å²) in [5.41, 5.74) is 0.582. The smallest absolute Gasteiger partial charge is 0.00501 e. The van der Waals surface area contributed by atoms with Crippen LogP contribution in [-0.4, -0.2) is 37.6 Å². The Morgan fingerprint density at radius 1 is 1.11 bits per heavy atom. The lowest BCUT2D eigenvalue weighted by Gasteiger charge is -2.41. The van der Waals surface area contributed by atoms with Gasteiger partial charge in [0.05, 0.1) is 0 Å². The second-order valence-electron chi connectivity index (χ2n) is 6.61. The third-order valence-corrected chi connectivity index (χ3v) is 4.88. The Balaban J connectivity index is 1.88. The summed E-state index contributed by atoms with van der Waals surface area (Å²) in [6, 6.07) is 0. The molecule has 2 heteroatoms. The molecule has 0 heterocycles. The first-order valence-electron chi connectivity index (χ1n) is 8.21. The van der Waals surface area contributed by atoms with E-state index < -0.39 is 0 Å². The molecule has 2 fully saturated rings. The third kappa shape index (κ3) is 4.24. The quantitative estimate of drug-likeness (QED) is 0.713. The molecule has 106 valence electrons. The molecule has 0 aromatic carbocycles. The lowest BCUT2D eigenvalue weighted by molar-refractivity contribution is 0.103. The van der Waals surface area contributed by atoms with Crippen molar-refractivity contribution in [2.75, 3.05) is 32.7 Å². The number of hydrogen-bond acceptors (Lipinski definition) is 2. The molecule has 0 bridgehead atoms. The van der Waals surface area contributed by atoms with Crippen molar-refractivity contribution in [3.8, 4) is 0 Å². The minimum absolute atomic E-state index is 0.582. The summed E-state index contributed by atoms with van der Waals surface area (Å²) in [6.07, 6.45) is 10.2.